The zero-order chi connectivity index (χ0) is 22.2. The largest absolute Gasteiger partial charge is 0.494 e. The number of aryl methyl sites for hydroxylation is 1. The SMILES string of the molecule is COc1ccc(-c2cc(=O)n(CCC(C)(C)C(=O)NO)cc2F)cc1F.O=S=O. The van der Waals surface area contributed by atoms with Gasteiger partial charge in [0.2, 0.25) is 5.91 Å². The first kappa shape index (κ1) is 24.1. The van der Waals surface area contributed by atoms with E-state index >= 15 is 0 Å². The van der Waals surface area contributed by atoms with Crippen LogP contribution in [0.2, 0.25) is 0 Å². The van der Waals surface area contributed by atoms with Gasteiger partial charge in [0, 0.05) is 29.8 Å². The number of hydrogen-bond donors (Lipinski definition) is 2. The van der Waals surface area contributed by atoms with E-state index in [1.54, 1.807) is 19.3 Å². The molecule has 0 atom stereocenters. The number of ether oxygens (including phenoxy) is 1. The molecule has 11 heteroatoms. The Kier molecular flexibility index (Phi) is 8.80. The first-order valence-electron chi connectivity index (χ1n) is 8.21. The van der Waals surface area contributed by atoms with Crippen molar-refractivity contribution in [3.8, 4) is 16.9 Å². The number of benzene rings is 1. The molecule has 0 unspecified atom stereocenters. The fourth-order valence-corrected chi connectivity index (χ4v) is 2.44. The van der Waals surface area contributed by atoms with Gasteiger partial charge in [-0.3, -0.25) is 14.8 Å². The molecular weight excluding hydrogens is 410 g/mol. The Balaban J connectivity index is 0.00000132. The minimum Gasteiger partial charge on any atom is -0.494 e. The Hall–Kier alpha value is -2.92. The Labute approximate surface area is 168 Å². The first-order valence-corrected chi connectivity index (χ1v) is 8.88. The lowest BCUT2D eigenvalue weighted by atomic mass is 9.88. The third-order valence-electron chi connectivity index (χ3n) is 4.23. The van der Waals surface area contributed by atoms with Crippen LogP contribution in [-0.4, -0.2) is 31.2 Å². The van der Waals surface area contributed by atoms with Gasteiger partial charge in [0.25, 0.3) is 5.56 Å². The van der Waals surface area contributed by atoms with Gasteiger partial charge in [-0.1, -0.05) is 19.9 Å². The molecule has 158 valence electrons. The maximum atomic E-state index is 14.4. The zero-order valence-electron chi connectivity index (χ0n) is 15.9. The highest BCUT2D eigenvalue weighted by Gasteiger charge is 2.27. The summed E-state index contributed by atoms with van der Waals surface area (Å²) in [4.78, 5) is 23.8. The van der Waals surface area contributed by atoms with Gasteiger partial charge in [0.15, 0.2) is 11.6 Å². The van der Waals surface area contributed by atoms with Crippen LogP contribution in [0.4, 0.5) is 8.78 Å². The summed E-state index contributed by atoms with van der Waals surface area (Å²) in [6, 6.07) is 4.98. The van der Waals surface area contributed by atoms with Crippen molar-refractivity contribution in [2.75, 3.05) is 7.11 Å². The molecule has 0 radical (unpaired) electrons. The third-order valence-corrected chi connectivity index (χ3v) is 4.23. The van der Waals surface area contributed by atoms with Gasteiger partial charge >= 0.3 is 11.6 Å². The van der Waals surface area contributed by atoms with Crippen molar-refractivity contribution in [2.24, 2.45) is 5.41 Å². The molecule has 0 aliphatic heterocycles. The number of amides is 1. The lowest BCUT2D eigenvalue weighted by molar-refractivity contribution is -0.138. The van der Waals surface area contributed by atoms with E-state index < -0.39 is 40.1 Å². The fourth-order valence-electron chi connectivity index (χ4n) is 2.44. The predicted molar refractivity (Wildman–Crippen MR) is 99.9 cm³/mol. The van der Waals surface area contributed by atoms with Crippen molar-refractivity contribution in [3.05, 3.63) is 52.5 Å². The fraction of sp³-hybridized carbons (Fsp3) is 0.333. The van der Waals surface area contributed by atoms with E-state index in [0.29, 0.717) is 0 Å². The molecule has 0 aliphatic rings. The molecule has 0 saturated heterocycles. The molecule has 0 saturated carbocycles. The monoisotopic (exact) mass is 430 g/mol. The van der Waals surface area contributed by atoms with Crippen LogP contribution in [0.1, 0.15) is 20.3 Å². The minimum atomic E-state index is -0.942. The number of carbonyl (C=O) groups is 1. The average molecular weight is 430 g/mol. The average Bonchev–Trinajstić information content (AvgIpc) is 2.68. The van der Waals surface area contributed by atoms with E-state index in [9.17, 15) is 18.4 Å². The van der Waals surface area contributed by atoms with Crippen LogP contribution in [0.15, 0.2) is 35.3 Å². The standard InChI is InChI=1S/C18H20F2N2O4.O2S/c1-18(2,17(24)21-25)6-7-22-10-14(20)12(9-16(22)23)11-4-5-15(26-3)13(19)8-11;1-3-2/h4-5,8-10,25H,6-7H2,1-3H3,(H,21,24);. The van der Waals surface area contributed by atoms with Crippen molar-refractivity contribution in [1.82, 2.24) is 10.0 Å². The molecule has 1 heterocycles. The molecule has 0 fully saturated rings. The van der Waals surface area contributed by atoms with Gasteiger partial charge in [-0.15, -0.1) is 0 Å². The Morgan fingerprint density at radius 1 is 1.24 bits per heavy atom. The number of halogens is 2. The van der Waals surface area contributed by atoms with Crippen molar-refractivity contribution >= 4 is 17.5 Å². The Bertz CT molecular complexity index is 971. The van der Waals surface area contributed by atoms with Crippen LogP contribution in [0.3, 0.4) is 0 Å². The summed E-state index contributed by atoms with van der Waals surface area (Å²) in [5.74, 6) is -1.94. The summed E-state index contributed by atoms with van der Waals surface area (Å²) < 4.78 is 50.8. The summed E-state index contributed by atoms with van der Waals surface area (Å²) in [5, 5.41) is 8.72. The zero-order valence-corrected chi connectivity index (χ0v) is 16.7. The number of rotatable bonds is 6. The molecule has 2 N–H and O–H groups in total. The summed E-state index contributed by atoms with van der Waals surface area (Å²) in [6.45, 7) is 3.26. The Morgan fingerprint density at radius 3 is 2.38 bits per heavy atom. The number of carbonyl (C=O) groups excluding carboxylic acids is 1. The molecule has 1 aromatic heterocycles. The normalized spacial score (nSPS) is 10.6. The molecule has 0 aliphatic carbocycles. The topological polar surface area (TPSA) is 115 Å². The van der Waals surface area contributed by atoms with E-state index in [1.165, 1.54) is 19.2 Å². The number of nitrogens with one attached hydrogen (secondary N) is 1. The van der Waals surface area contributed by atoms with Gasteiger partial charge in [-0.25, -0.2) is 14.3 Å². The van der Waals surface area contributed by atoms with Crippen molar-refractivity contribution in [1.29, 1.82) is 0 Å². The quantitative estimate of drug-likeness (QED) is 0.536. The van der Waals surface area contributed by atoms with Crippen LogP contribution in [0.25, 0.3) is 11.1 Å². The second-order valence-corrected chi connectivity index (χ2v) is 6.69. The number of nitrogens with zero attached hydrogens (tertiary/aromatic N) is 1. The van der Waals surface area contributed by atoms with Crippen molar-refractivity contribution < 1.29 is 31.9 Å². The number of methoxy groups -OCH3 is 1. The smallest absolute Gasteiger partial charge is 0.335 e. The first-order chi connectivity index (χ1) is 13.6. The predicted octanol–water partition coefficient (Wildman–Crippen LogP) is 2.05. The molecule has 2 aromatic rings. The molecule has 2 rings (SSSR count). The van der Waals surface area contributed by atoms with Crippen molar-refractivity contribution in [2.45, 2.75) is 26.8 Å². The van der Waals surface area contributed by atoms with E-state index in [-0.39, 0.29) is 29.8 Å². The van der Waals surface area contributed by atoms with Crippen LogP contribution < -0.4 is 15.8 Å². The highest BCUT2D eigenvalue weighted by atomic mass is 32.1. The van der Waals surface area contributed by atoms with Crippen LogP contribution in [0, 0.1) is 17.0 Å². The lowest BCUT2D eigenvalue weighted by Crippen LogP contribution is -2.36. The van der Waals surface area contributed by atoms with E-state index in [0.717, 1.165) is 22.9 Å². The second kappa shape index (κ2) is 10.6. The second-order valence-electron chi connectivity index (χ2n) is 6.56. The van der Waals surface area contributed by atoms with Gasteiger partial charge in [0.1, 0.15) is 5.82 Å². The van der Waals surface area contributed by atoms with Crippen LogP contribution in [0.5, 0.6) is 5.75 Å². The van der Waals surface area contributed by atoms with E-state index in [4.69, 9.17) is 18.4 Å². The molecule has 1 aromatic carbocycles. The lowest BCUT2D eigenvalue weighted by Gasteiger charge is -2.22. The molecule has 8 nitrogen and oxygen atoms in total. The van der Waals surface area contributed by atoms with Crippen LogP contribution in [-0.2, 0) is 22.9 Å². The number of hydrogen-bond acceptors (Lipinski definition) is 6. The summed E-state index contributed by atoms with van der Waals surface area (Å²) in [7, 11) is 1.32. The maximum absolute atomic E-state index is 14.4. The number of hydroxylamine groups is 1. The van der Waals surface area contributed by atoms with Gasteiger partial charge < -0.3 is 9.30 Å². The van der Waals surface area contributed by atoms with Gasteiger partial charge in [0.05, 0.1) is 7.11 Å². The maximum Gasteiger partial charge on any atom is 0.335 e. The number of aromatic nitrogens is 1. The van der Waals surface area contributed by atoms with Crippen LogP contribution >= 0.6 is 0 Å². The number of pyridine rings is 1. The summed E-state index contributed by atoms with van der Waals surface area (Å²) in [6.07, 6.45) is 1.22. The third kappa shape index (κ3) is 6.29. The van der Waals surface area contributed by atoms with E-state index in [1.807, 2.05) is 0 Å². The molecule has 29 heavy (non-hydrogen) atoms. The molecule has 1 amide bonds. The highest BCUT2D eigenvalue weighted by molar-refractivity contribution is 7.51. The van der Waals surface area contributed by atoms with Gasteiger partial charge in [-0.05, 0) is 24.1 Å². The molecule has 0 bridgehead atoms. The molecular formula is C18H20F2N2O6S. The molecule has 0 spiro atoms. The summed E-state index contributed by atoms with van der Waals surface area (Å²) in [5.41, 5.74) is 0.322. The van der Waals surface area contributed by atoms with Gasteiger partial charge in [-0.2, -0.15) is 8.42 Å². The summed E-state index contributed by atoms with van der Waals surface area (Å²) >= 11 is -0.750. The Morgan fingerprint density at radius 2 is 1.86 bits per heavy atom. The highest BCUT2D eigenvalue weighted by Crippen LogP contribution is 2.27. The van der Waals surface area contributed by atoms with E-state index in [2.05, 4.69) is 0 Å². The van der Waals surface area contributed by atoms with Crippen molar-refractivity contribution in [3.63, 3.8) is 0 Å². The minimum absolute atomic E-state index is 0.0203.